The summed E-state index contributed by atoms with van der Waals surface area (Å²) in [4.78, 5) is 11.7. The zero-order valence-electron chi connectivity index (χ0n) is 9.43. The van der Waals surface area contributed by atoms with Gasteiger partial charge in [0.2, 0.25) is 0 Å². The largest absolute Gasteiger partial charge is 0.361 e. The molecule has 0 unspecified atom stereocenters. The first kappa shape index (κ1) is 11.9. The zero-order valence-corrected chi connectivity index (χ0v) is 10.3. The van der Waals surface area contributed by atoms with E-state index in [4.69, 9.17) is 0 Å². The molecular formula is C12H13NO3S. The van der Waals surface area contributed by atoms with Crippen LogP contribution in [-0.2, 0) is 21.1 Å². The number of carbonyl (C=O) groups excluding carboxylic acids is 1. The van der Waals surface area contributed by atoms with Crippen LogP contribution in [0.2, 0.25) is 0 Å². The van der Waals surface area contributed by atoms with Crippen molar-refractivity contribution >= 4 is 21.3 Å². The average Bonchev–Trinajstić information content (AvgIpc) is 2.26. The van der Waals surface area contributed by atoms with Gasteiger partial charge in [-0.15, -0.1) is 0 Å². The molecule has 90 valence electrons. The molecule has 0 aliphatic carbocycles. The van der Waals surface area contributed by atoms with E-state index < -0.39 is 15.6 Å². The molecule has 1 heterocycles. The summed E-state index contributed by atoms with van der Waals surface area (Å²) in [7, 11) is -3.27. The Morgan fingerprint density at radius 1 is 1.35 bits per heavy atom. The molecule has 1 N–H and O–H groups in total. The number of ketones is 1. The molecule has 17 heavy (non-hydrogen) atoms. The van der Waals surface area contributed by atoms with Gasteiger partial charge in [0.25, 0.3) is 0 Å². The van der Waals surface area contributed by atoms with Gasteiger partial charge in [0, 0.05) is 30.1 Å². The fraction of sp³-hybridized carbons (Fsp3) is 0.250. The second-order valence-corrected chi connectivity index (χ2v) is 6.28. The second-order valence-electron chi connectivity index (χ2n) is 4.14. The number of sulfone groups is 1. The maximum Gasteiger partial charge on any atom is 0.175 e. The molecule has 0 fully saturated rings. The van der Waals surface area contributed by atoms with E-state index in [1.54, 1.807) is 6.20 Å². The van der Waals surface area contributed by atoms with Gasteiger partial charge in [-0.25, -0.2) is 8.42 Å². The highest BCUT2D eigenvalue weighted by atomic mass is 32.2. The number of rotatable bonds is 3. The Hall–Kier alpha value is -1.62. The summed E-state index contributed by atoms with van der Waals surface area (Å²) in [5.74, 6) is -0.766. The van der Waals surface area contributed by atoms with Crippen molar-refractivity contribution in [1.29, 1.82) is 0 Å². The van der Waals surface area contributed by atoms with E-state index in [9.17, 15) is 13.2 Å². The molecule has 5 heteroatoms. The number of hydrogen-bond donors (Lipinski definition) is 1. The van der Waals surface area contributed by atoms with Gasteiger partial charge in [-0.3, -0.25) is 4.79 Å². The molecule has 1 aliphatic rings. The number of hydrogen-bond acceptors (Lipinski definition) is 4. The summed E-state index contributed by atoms with van der Waals surface area (Å²) in [5, 5.41) is 3.00. The molecule has 2 rings (SSSR count). The lowest BCUT2D eigenvalue weighted by atomic mass is 9.99. The number of para-hydroxylation sites is 1. The highest BCUT2D eigenvalue weighted by molar-refractivity contribution is 7.91. The molecule has 0 spiro atoms. The Balaban J connectivity index is 2.17. The number of carbonyl (C=O) groups is 1. The van der Waals surface area contributed by atoms with E-state index >= 15 is 0 Å². The van der Waals surface area contributed by atoms with Crippen molar-refractivity contribution in [1.82, 2.24) is 0 Å². The van der Waals surface area contributed by atoms with E-state index in [0.29, 0.717) is 12.0 Å². The van der Waals surface area contributed by atoms with Crippen molar-refractivity contribution in [3.63, 3.8) is 0 Å². The number of anilines is 1. The van der Waals surface area contributed by atoms with Gasteiger partial charge in [-0.2, -0.15) is 0 Å². The molecule has 0 amide bonds. The molecule has 1 aliphatic heterocycles. The van der Waals surface area contributed by atoms with E-state index in [2.05, 4.69) is 5.32 Å². The molecule has 1 aromatic carbocycles. The van der Waals surface area contributed by atoms with Crippen LogP contribution in [0.25, 0.3) is 0 Å². The first-order valence-corrected chi connectivity index (χ1v) is 7.26. The summed E-state index contributed by atoms with van der Waals surface area (Å²) < 4.78 is 22.1. The molecule has 0 atom stereocenters. The lowest BCUT2D eigenvalue weighted by Crippen LogP contribution is -2.20. The first-order chi connectivity index (χ1) is 7.96. The zero-order chi connectivity index (χ0) is 12.5. The Morgan fingerprint density at radius 3 is 2.76 bits per heavy atom. The van der Waals surface area contributed by atoms with Crippen LogP contribution in [0, 0.1) is 0 Å². The van der Waals surface area contributed by atoms with Crippen LogP contribution < -0.4 is 5.32 Å². The Labute approximate surface area is 100 Å². The summed E-state index contributed by atoms with van der Waals surface area (Å²) in [6.07, 6.45) is 3.14. The number of benzene rings is 1. The minimum atomic E-state index is -3.27. The lowest BCUT2D eigenvalue weighted by molar-refractivity contribution is -0.113. The Morgan fingerprint density at radius 2 is 2.06 bits per heavy atom. The third-order valence-electron chi connectivity index (χ3n) is 2.55. The second kappa shape index (κ2) is 4.33. The molecule has 0 saturated carbocycles. The minimum Gasteiger partial charge on any atom is -0.361 e. The molecule has 4 nitrogen and oxygen atoms in total. The van der Waals surface area contributed by atoms with Crippen molar-refractivity contribution < 1.29 is 13.2 Å². The van der Waals surface area contributed by atoms with Crippen molar-refractivity contribution in [3.05, 3.63) is 41.6 Å². The van der Waals surface area contributed by atoms with Crippen LogP contribution in [0.5, 0.6) is 0 Å². The van der Waals surface area contributed by atoms with Gasteiger partial charge in [0.05, 0.1) is 0 Å². The van der Waals surface area contributed by atoms with E-state index in [1.165, 1.54) is 0 Å². The van der Waals surface area contributed by atoms with Gasteiger partial charge in [-0.1, -0.05) is 18.2 Å². The van der Waals surface area contributed by atoms with Gasteiger partial charge in [0.15, 0.2) is 15.6 Å². The number of fused-ring (bicyclic) bond motifs is 1. The SMILES string of the molecule is CS(=O)(=O)CC(=O)C1=CNc2ccccc2C1. The third-order valence-corrected chi connectivity index (χ3v) is 3.34. The van der Waals surface area contributed by atoms with E-state index in [-0.39, 0.29) is 5.78 Å². The van der Waals surface area contributed by atoms with Crippen LogP contribution in [-0.4, -0.2) is 26.2 Å². The topological polar surface area (TPSA) is 63.2 Å². The molecule has 0 aromatic heterocycles. The summed E-state index contributed by atoms with van der Waals surface area (Å²) in [6.45, 7) is 0. The van der Waals surface area contributed by atoms with E-state index in [1.807, 2.05) is 24.3 Å². The van der Waals surface area contributed by atoms with Gasteiger partial charge >= 0.3 is 0 Å². The van der Waals surface area contributed by atoms with Gasteiger partial charge in [-0.05, 0) is 11.6 Å². The average molecular weight is 251 g/mol. The van der Waals surface area contributed by atoms with E-state index in [0.717, 1.165) is 17.5 Å². The van der Waals surface area contributed by atoms with Gasteiger partial charge in [0.1, 0.15) is 5.75 Å². The van der Waals surface area contributed by atoms with Crippen LogP contribution in [0.15, 0.2) is 36.0 Å². The summed E-state index contributed by atoms with van der Waals surface area (Å²) in [5.41, 5.74) is 2.48. The molecular weight excluding hydrogens is 238 g/mol. The molecule has 0 bridgehead atoms. The van der Waals surface area contributed by atoms with Crippen molar-refractivity contribution in [3.8, 4) is 0 Å². The monoisotopic (exact) mass is 251 g/mol. The quantitative estimate of drug-likeness (QED) is 0.875. The fourth-order valence-electron chi connectivity index (χ4n) is 1.75. The fourth-order valence-corrected chi connectivity index (χ4v) is 2.41. The summed E-state index contributed by atoms with van der Waals surface area (Å²) in [6, 6.07) is 7.64. The molecule has 0 radical (unpaired) electrons. The summed E-state index contributed by atoms with van der Waals surface area (Å²) >= 11 is 0. The van der Waals surface area contributed by atoms with Crippen LogP contribution in [0.1, 0.15) is 5.56 Å². The molecule has 1 aromatic rings. The smallest absolute Gasteiger partial charge is 0.175 e. The van der Waals surface area contributed by atoms with Crippen LogP contribution in [0.4, 0.5) is 5.69 Å². The highest BCUT2D eigenvalue weighted by Crippen LogP contribution is 2.23. The maximum atomic E-state index is 11.7. The van der Waals surface area contributed by atoms with Gasteiger partial charge < -0.3 is 5.32 Å². The van der Waals surface area contributed by atoms with Crippen LogP contribution >= 0.6 is 0 Å². The third kappa shape index (κ3) is 2.94. The normalized spacial score (nSPS) is 14.5. The highest BCUT2D eigenvalue weighted by Gasteiger charge is 2.19. The first-order valence-electron chi connectivity index (χ1n) is 5.20. The maximum absolute atomic E-state index is 11.7. The Kier molecular flexibility index (Phi) is 3.02. The predicted octanol–water partition coefficient (Wildman–Crippen LogP) is 1.15. The minimum absolute atomic E-state index is 0.338. The van der Waals surface area contributed by atoms with Crippen molar-refractivity contribution in [2.45, 2.75) is 6.42 Å². The van der Waals surface area contributed by atoms with Crippen molar-refractivity contribution in [2.24, 2.45) is 0 Å². The standard InChI is InChI=1S/C12H13NO3S/c1-17(15,16)8-12(14)10-6-9-4-2-3-5-11(9)13-7-10/h2-5,7,13H,6,8H2,1H3. The van der Waals surface area contributed by atoms with Crippen molar-refractivity contribution in [2.75, 3.05) is 17.3 Å². The number of nitrogens with one attached hydrogen (secondary N) is 1. The lowest BCUT2D eigenvalue weighted by Gasteiger charge is -2.17. The number of allylic oxidation sites excluding steroid dienone is 1. The predicted molar refractivity (Wildman–Crippen MR) is 66.6 cm³/mol. The molecule has 0 saturated heterocycles. The number of Topliss-reactive ketones (excluding diaryl/α,β-unsaturated/α-hetero) is 1. The Bertz CT molecular complexity index is 588. The van der Waals surface area contributed by atoms with Crippen LogP contribution in [0.3, 0.4) is 0 Å².